The summed E-state index contributed by atoms with van der Waals surface area (Å²) in [5.41, 5.74) is 0. The van der Waals surface area contributed by atoms with Crippen molar-refractivity contribution in [3.05, 3.63) is 0 Å². The lowest BCUT2D eigenvalue weighted by Crippen LogP contribution is -3.11. The lowest BCUT2D eigenvalue weighted by Gasteiger charge is -2.17. The Labute approximate surface area is 217 Å². The fourth-order valence-electron chi connectivity index (χ4n) is 5.21. The molecule has 0 aliphatic carbocycles. The molecule has 1 unspecified atom stereocenters. The third kappa shape index (κ3) is 16.3. The standard InChI is InChI=1S/C30H58N2O3/c1-4-7-8-9-10-11-12-13-14-15-16-17-18-19-20-21-24-32-27-28(26-29(32)33)30(34)35-25-22-23-31(5-2)6-3/h28H,4-27H2,1-3H3/p+1. The Hall–Kier alpha value is -1.10. The zero-order chi connectivity index (χ0) is 25.6. The molecule has 5 heteroatoms. The first kappa shape index (κ1) is 31.9. The zero-order valence-electron chi connectivity index (χ0n) is 23.7. The number of carbonyl (C=O) groups excluding carboxylic acids is 2. The number of hydrogen-bond acceptors (Lipinski definition) is 3. The summed E-state index contributed by atoms with van der Waals surface area (Å²) in [6.07, 6.45) is 22.9. The second kappa shape index (κ2) is 22.1. The summed E-state index contributed by atoms with van der Waals surface area (Å²) in [6.45, 7) is 11.7. The minimum atomic E-state index is -0.260. The molecule has 1 heterocycles. The van der Waals surface area contributed by atoms with Crippen molar-refractivity contribution in [3.8, 4) is 0 Å². The van der Waals surface area contributed by atoms with Gasteiger partial charge in [0, 0.05) is 25.9 Å². The van der Waals surface area contributed by atoms with Gasteiger partial charge < -0.3 is 14.5 Å². The van der Waals surface area contributed by atoms with Crippen LogP contribution >= 0.6 is 0 Å². The Balaban J connectivity index is 1.92. The summed E-state index contributed by atoms with van der Waals surface area (Å²) in [7, 11) is 0. The molecule has 1 rings (SSSR count). The van der Waals surface area contributed by atoms with Crippen molar-refractivity contribution in [2.75, 3.05) is 39.3 Å². The van der Waals surface area contributed by atoms with Gasteiger partial charge in [-0.05, 0) is 20.3 Å². The van der Waals surface area contributed by atoms with E-state index in [1.54, 1.807) is 0 Å². The van der Waals surface area contributed by atoms with Crippen LogP contribution in [-0.4, -0.2) is 56.1 Å². The van der Waals surface area contributed by atoms with E-state index in [0.717, 1.165) is 39.0 Å². The number of carbonyl (C=O) groups is 2. The maximum absolute atomic E-state index is 12.3. The van der Waals surface area contributed by atoms with Gasteiger partial charge in [0.25, 0.3) is 0 Å². The molecule has 1 atom stereocenters. The van der Waals surface area contributed by atoms with Crippen LogP contribution in [0.25, 0.3) is 0 Å². The predicted molar refractivity (Wildman–Crippen MR) is 147 cm³/mol. The van der Waals surface area contributed by atoms with Gasteiger partial charge in [-0.15, -0.1) is 0 Å². The van der Waals surface area contributed by atoms with Gasteiger partial charge in [0.1, 0.15) is 0 Å². The molecule has 0 aromatic rings. The molecule has 35 heavy (non-hydrogen) atoms. The Kier molecular flexibility index (Phi) is 20.2. The molecule has 1 aliphatic rings. The van der Waals surface area contributed by atoms with Gasteiger partial charge in [0.2, 0.25) is 5.91 Å². The summed E-state index contributed by atoms with van der Waals surface area (Å²) in [5.74, 6) is -0.313. The number of ether oxygens (including phenoxy) is 1. The normalized spacial score (nSPS) is 15.9. The van der Waals surface area contributed by atoms with E-state index in [2.05, 4.69) is 20.8 Å². The van der Waals surface area contributed by atoms with E-state index in [0.29, 0.717) is 19.6 Å². The number of nitrogens with zero attached hydrogens (tertiary/aromatic N) is 1. The Bertz CT molecular complexity index is 522. The number of hydrogen-bond donors (Lipinski definition) is 1. The molecule has 0 aromatic carbocycles. The monoisotopic (exact) mass is 495 g/mol. The van der Waals surface area contributed by atoms with Crippen molar-refractivity contribution >= 4 is 11.9 Å². The number of amides is 1. The first-order valence-electron chi connectivity index (χ1n) is 15.4. The second-order valence-corrected chi connectivity index (χ2v) is 10.8. The molecule has 1 saturated heterocycles. The molecular weight excluding hydrogens is 436 g/mol. The van der Waals surface area contributed by atoms with Crippen LogP contribution in [0.2, 0.25) is 0 Å². The van der Waals surface area contributed by atoms with Crippen molar-refractivity contribution in [3.63, 3.8) is 0 Å². The fraction of sp³-hybridized carbons (Fsp3) is 0.933. The molecule has 0 bridgehead atoms. The minimum absolute atomic E-state index is 0.125. The number of rotatable bonds is 24. The molecular formula is C30H59N2O3+. The highest BCUT2D eigenvalue weighted by atomic mass is 16.5. The van der Waals surface area contributed by atoms with Gasteiger partial charge in [0.05, 0.1) is 32.2 Å². The number of unbranched alkanes of at least 4 members (excludes halogenated alkanes) is 15. The Morgan fingerprint density at radius 3 is 1.74 bits per heavy atom. The summed E-state index contributed by atoms with van der Waals surface area (Å²) in [4.78, 5) is 28.0. The lowest BCUT2D eigenvalue weighted by atomic mass is 10.0. The largest absolute Gasteiger partial charge is 0.465 e. The van der Waals surface area contributed by atoms with Gasteiger partial charge >= 0.3 is 5.97 Å². The van der Waals surface area contributed by atoms with E-state index in [1.165, 1.54) is 101 Å². The van der Waals surface area contributed by atoms with Gasteiger partial charge in [-0.2, -0.15) is 0 Å². The number of nitrogens with one attached hydrogen (secondary N) is 1. The van der Waals surface area contributed by atoms with Crippen LogP contribution in [0.5, 0.6) is 0 Å². The van der Waals surface area contributed by atoms with Crippen molar-refractivity contribution in [2.45, 2.75) is 136 Å². The van der Waals surface area contributed by atoms with Gasteiger partial charge in [-0.3, -0.25) is 9.59 Å². The van der Waals surface area contributed by atoms with E-state index in [-0.39, 0.29) is 17.8 Å². The van der Waals surface area contributed by atoms with E-state index in [1.807, 2.05) is 4.90 Å². The third-order valence-electron chi connectivity index (χ3n) is 7.75. The maximum Gasteiger partial charge on any atom is 0.311 e. The van der Waals surface area contributed by atoms with Gasteiger partial charge in [-0.25, -0.2) is 0 Å². The molecule has 5 nitrogen and oxygen atoms in total. The molecule has 1 amide bonds. The van der Waals surface area contributed by atoms with Crippen molar-refractivity contribution in [2.24, 2.45) is 5.92 Å². The first-order chi connectivity index (χ1) is 17.1. The summed E-state index contributed by atoms with van der Waals surface area (Å²) >= 11 is 0. The van der Waals surface area contributed by atoms with Crippen molar-refractivity contribution < 1.29 is 19.2 Å². The molecule has 206 valence electrons. The molecule has 1 aliphatic heterocycles. The first-order valence-corrected chi connectivity index (χ1v) is 15.4. The minimum Gasteiger partial charge on any atom is -0.465 e. The average Bonchev–Trinajstić information content (AvgIpc) is 3.24. The highest BCUT2D eigenvalue weighted by molar-refractivity contribution is 5.86. The number of quaternary nitrogens is 1. The molecule has 1 fully saturated rings. The molecule has 0 aromatic heterocycles. The lowest BCUT2D eigenvalue weighted by molar-refractivity contribution is -0.896. The highest BCUT2D eigenvalue weighted by Crippen LogP contribution is 2.20. The molecule has 0 saturated carbocycles. The number of esters is 1. The van der Waals surface area contributed by atoms with Gasteiger partial charge in [0.15, 0.2) is 0 Å². The number of likely N-dealkylation sites (tertiary alicyclic amines) is 1. The van der Waals surface area contributed by atoms with Crippen LogP contribution in [0.1, 0.15) is 136 Å². The smallest absolute Gasteiger partial charge is 0.311 e. The van der Waals surface area contributed by atoms with Crippen LogP contribution in [0.15, 0.2) is 0 Å². The summed E-state index contributed by atoms with van der Waals surface area (Å²) in [5, 5.41) is 0. The van der Waals surface area contributed by atoms with Crippen LogP contribution in [0.3, 0.4) is 0 Å². The zero-order valence-corrected chi connectivity index (χ0v) is 23.7. The average molecular weight is 496 g/mol. The maximum atomic E-state index is 12.3. The predicted octanol–water partition coefficient (Wildman–Crippen LogP) is 5.95. The quantitative estimate of drug-likeness (QED) is 0.133. The van der Waals surface area contributed by atoms with E-state index < -0.39 is 0 Å². The topological polar surface area (TPSA) is 51.1 Å². The van der Waals surface area contributed by atoms with E-state index in [9.17, 15) is 9.59 Å². The van der Waals surface area contributed by atoms with Gasteiger partial charge in [-0.1, -0.05) is 103 Å². The second-order valence-electron chi connectivity index (χ2n) is 10.8. The summed E-state index contributed by atoms with van der Waals surface area (Å²) < 4.78 is 5.47. The van der Waals surface area contributed by atoms with Crippen LogP contribution in [0, 0.1) is 5.92 Å². The molecule has 0 spiro atoms. The Morgan fingerprint density at radius 1 is 0.771 bits per heavy atom. The SMILES string of the molecule is CCCCCCCCCCCCCCCCCCN1CC(C(=O)OCCC[NH+](CC)CC)CC1=O. The Morgan fingerprint density at radius 2 is 1.26 bits per heavy atom. The molecule has 0 radical (unpaired) electrons. The summed E-state index contributed by atoms with van der Waals surface area (Å²) in [6, 6.07) is 0. The van der Waals surface area contributed by atoms with Crippen molar-refractivity contribution in [1.29, 1.82) is 0 Å². The highest BCUT2D eigenvalue weighted by Gasteiger charge is 2.34. The van der Waals surface area contributed by atoms with E-state index >= 15 is 0 Å². The molecule has 1 N–H and O–H groups in total. The fourth-order valence-corrected chi connectivity index (χ4v) is 5.21. The van der Waals surface area contributed by atoms with Crippen LogP contribution < -0.4 is 4.90 Å². The third-order valence-corrected chi connectivity index (χ3v) is 7.75. The van der Waals surface area contributed by atoms with Crippen LogP contribution in [0.4, 0.5) is 0 Å². The van der Waals surface area contributed by atoms with Crippen molar-refractivity contribution in [1.82, 2.24) is 4.90 Å². The van der Waals surface area contributed by atoms with E-state index in [4.69, 9.17) is 4.74 Å². The van der Waals surface area contributed by atoms with Crippen LogP contribution in [-0.2, 0) is 14.3 Å².